The van der Waals surface area contributed by atoms with Crippen molar-refractivity contribution >= 4 is 12.0 Å². The number of esters is 1. The molecule has 2 atom stereocenters. The van der Waals surface area contributed by atoms with E-state index in [1.165, 1.54) is 17.7 Å². The highest BCUT2D eigenvalue weighted by molar-refractivity contribution is 5.69. The molecule has 2 aliphatic carbocycles. The second kappa shape index (κ2) is 6.38. The summed E-state index contributed by atoms with van der Waals surface area (Å²) in [7, 11) is 0. The van der Waals surface area contributed by atoms with Crippen LogP contribution in [0.25, 0.3) is 11.8 Å². The van der Waals surface area contributed by atoms with Crippen LogP contribution >= 0.6 is 0 Å². The summed E-state index contributed by atoms with van der Waals surface area (Å²) in [4.78, 5) is 11.9. The molecule has 0 saturated heterocycles. The first-order chi connectivity index (χ1) is 12.5. The highest BCUT2D eigenvalue weighted by atomic mass is 19.1. The molecule has 1 aromatic carbocycles. The number of hydrogen-bond donors (Lipinski definition) is 0. The van der Waals surface area contributed by atoms with Crippen molar-refractivity contribution in [2.75, 3.05) is 0 Å². The van der Waals surface area contributed by atoms with Crippen LogP contribution in [0.5, 0.6) is 0 Å². The fourth-order valence-electron chi connectivity index (χ4n) is 4.21. The number of carbonyl (C=O) groups is 1. The van der Waals surface area contributed by atoms with Gasteiger partial charge < -0.3 is 4.74 Å². The van der Waals surface area contributed by atoms with Crippen molar-refractivity contribution in [1.29, 1.82) is 0 Å². The van der Waals surface area contributed by atoms with Crippen molar-refractivity contribution < 1.29 is 13.9 Å². The zero-order valence-electron chi connectivity index (χ0n) is 15.2. The lowest BCUT2D eigenvalue weighted by Gasteiger charge is -2.44. The quantitative estimate of drug-likeness (QED) is 0.764. The maximum absolute atomic E-state index is 13.2. The van der Waals surface area contributed by atoms with E-state index in [-0.39, 0.29) is 23.3 Å². The molecule has 0 amide bonds. The number of aromatic nitrogens is 2. The van der Waals surface area contributed by atoms with Crippen molar-refractivity contribution in [2.45, 2.75) is 52.1 Å². The lowest BCUT2D eigenvalue weighted by Crippen LogP contribution is -2.43. The Labute approximate surface area is 152 Å². The third-order valence-electron chi connectivity index (χ3n) is 5.75. The molecule has 1 fully saturated rings. The van der Waals surface area contributed by atoms with E-state index in [0.29, 0.717) is 6.42 Å². The van der Waals surface area contributed by atoms with E-state index < -0.39 is 0 Å². The molecule has 5 heteroatoms. The Bertz CT molecular complexity index is 869. The lowest BCUT2D eigenvalue weighted by atomic mass is 9.64. The van der Waals surface area contributed by atoms with Crippen LogP contribution in [0.4, 0.5) is 4.39 Å². The van der Waals surface area contributed by atoms with Crippen LogP contribution < -0.4 is 0 Å². The number of rotatable bonds is 3. The normalized spacial score (nSPS) is 24.4. The maximum atomic E-state index is 13.2. The fourth-order valence-corrected chi connectivity index (χ4v) is 4.21. The first-order valence-corrected chi connectivity index (χ1v) is 9.24. The molecule has 0 radical (unpaired) electrons. The third-order valence-corrected chi connectivity index (χ3v) is 5.75. The SMILES string of the molecule is CCC(=O)OC1CCCC2=Cc3c(cnn3-c3ccc(F)cc3)CC21C. The topological polar surface area (TPSA) is 44.1 Å². The van der Waals surface area contributed by atoms with Crippen LogP contribution in [0.1, 0.15) is 50.8 Å². The third kappa shape index (κ3) is 2.75. The lowest BCUT2D eigenvalue weighted by molar-refractivity contribution is -0.155. The summed E-state index contributed by atoms with van der Waals surface area (Å²) in [5.74, 6) is -0.390. The number of benzene rings is 1. The number of ether oxygens (including phenoxy) is 1. The predicted octanol–water partition coefficient (Wildman–Crippen LogP) is 4.46. The van der Waals surface area contributed by atoms with E-state index in [4.69, 9.17) is 4.74 Å². The molecule has 2 unspecified atom stereocenters. The number of hydrogen-bond acceptors (Lipinski definition) is 3. The van der Waals surface area contributed by atoms with Gasteiger partial charge in [0.25, 0.3) is 0 Å². The van der Waals surface area contributed by atoms with E-state index in [0.717, 1.165) is 42.6 Å². The van der Waals surface area contributed by atoms with E-state index in [9.17, 15) is 9.18 Å². The first kappa shape index (κ1) is 17.0. The van der Waals surface area contributed by atoms with Gasteiger partial charge in [-0.2, -0.15) is 5.10 Å². The van der Waals surface area contributed by atoms with Gasteiger partial charge in [0.15, 0.2) is 0 Å². The second-order valence-corrected chi connectivity index (χ2v) is 7.43. The summed E-state index contributed by atoms with van der Waals surface area (Å²) in [6, 6.07) is 6.37. The number of carbonyl (C=O) groups excluding carboxylic acids is 1. The summed E-state index contributed by atoms with van der Waals surface area (Å²) in [5, 5.41) is 4.53. The molecule has 0 bridgehead atoms. The minimum Gasteiger partial charge on any atom is -0.461 e. The average Bonchev–Trinajstić information content (AvgIpc) is 3.03. The molecule has 4 rings (SSSR count). The largest absolute Gasteiger partial charge is 0.461 e. The molecule has 136 valence electrons. The number of fused-ring (bicyclic) bond motifs is 2. The van der Waals surface area contributed by atoms with Crippen LogP contribution in [0.2, 0.25) is 0 Å². The zero-order valence-corrected chi connectivity index (χ0v) is 15.2. The number of halogens is 1. The molecule has 0 N–H and O–H groups in total. The smallest absolute Gasteiger partial charge is 0.305 e. The van der Waals surface area contributed by atoms with Gasteiger partial charge in [-0.1, -0.05) is 19.4 Å². The maximum Gasteiger partial charge on any atom is 0.305 e. The van der Waals surface area contributed by atoms with Crippen molar-refractivity contribution in [3.8, 4) is 5.69 Å². The van der Waals surface area contributed by atoms with Crippen molar-refractivity contribution in [2.24, 2.45) is 5.41 Å². The van der Waals surface area contributed by atoms with Crippen LogP contribution in [-0.4, -0.2) is 21.9 Å². The van der Waals surface area contributed by atoms with Gasteiger partial charge in [0.05, 0.1) is 17.6 Å². The molecular formula is C21H23FN2O2. The number of nitrogens with zero attached hydrogens (tertiary/aromatic N) is 2. The van der Waals surface area contributed by atoms with Crippen LogP contribution in [-0.2, 0) is 16.0 Å². The summed E-state index contributed by atoms with van der Waals surface area (Å²) in [6.07, 6.45) is 8.12. The van der Waals surface area contributed by atoms with Gasteiger partial charge in [-0.15, -0.1) is 0 Å². The van der Waals surface area contributed by atoms with Gasteiger partial charge in [0.1, 0.15) is 11.9 Å². The van der Waals surface area contributed by atoms with Crippen LogP contribution in [0.15, 0.2) is 36.0 Å². The molecule has 4 nitrogen and oxygen atoms in total. The van der Waals surface area contributed by atoms with Gasteiger partial charge in [-0.05, 0) is 61.6 Å². The Kier molecular flexibility index (Phi) is 4.17. The molecule has 1 saturated carbocycles. The van der Waals surface area contributed by atoms with E-state index in [1.807, 2.05) is 17.8 Å². The molecule has 0 aliphatic heterocycles. The van der Waals surface area contributed by atoms with Gasteiger partial charge in [0, 0.05) is 11.8 Å². The monoisotopic (exact) mass is 354 g/mol. The molecule has 1 heterocycles. The summed E-state index contributed by atoms with van der Waals surface area (Å²) in [5.41, 5.74) is 4.17. The van der Waals surface area contributed by atoms with Gasteiger partial charge >= 0.3 is 5.97 Å². The Balaban J connectivity index is 1.71. The Morgan fingerprint density at radius 2 is 2.15 bits per heavy atom. The average molecular weight is 354 g/mol. The molecule has 2 aliphatic rings. The molecule has 0 spiro atoms. The second-order valence-electron chi connectivity index (χ2n) is 7.43. The van der Waals surface area contributed by atoms with Crippen molar-refractivity contribution in [3.63, 3.8) is 0 Å². The van der Waals surface area contributed by atoms with E-state index in [2.05, 4.69) is 18.1 Å². The standard InChI is InChI=1S/C21H23FN2O2/c1-3-20(25)26-19-6-4-5-15-11-18-14(12-21(15,19)2)13-23-24(18)17-9-7-16(22)8-10-17/h7-11,13,19H,3-6,12H2,1-2H3. The van der Waals surface area contributed by atoms with Gasteiger partial charge in [-0.25, -0.2) is 9.07 Å². The van der Waals surface area contributed by atoms with E-state index >= 15 is 0 Å². The summed E-state index contributed by atoms with van der Waals surface area (Å²) >= 11 is 0. The van der Waals surface area contributed by atoms with Gasteiger partial charge in [0.2, 0.25) is 0 Å². The highest BCUT2D eigenvalue weighted by Gasteiger charge is 2.45. The Hall–Kier alpha value is -2.43. The molecular weight excluding hydrogens is 331 g/mol. The zero-order chi connectivity index (χ0) is 18.3. The van der Waals surface area contributed by atoms with Crippen LogP contribution in [0.3, 0.4) is 0 Å². The minimum absolute atomic E-state index is 0.0859. The van der Waals surface area contributed by atoms with Crippen molar-refractivity contribution in [1.82, 2.24) is 9.78 Å². The molecule has 2 aromatic rings. The van der Waals surface area contributed by atoms with Crippen LogP contribution in [0, 0.1) is 11.2 Å². The Morgan fingerprint density at radius 1 is 1.38 bits per heavy atom. The summed E-state index contributed by atoms with van der Waals surface area (Å²) in [6.45, 7) is 4.03. The van der Waals surface area contributed by atoms with Gasteiger partial charge in [-0.3, -0.25) is 4.79 Å². The fraction of sp³-hybridized carbons (Fsp3) is 0.429. The Morgan fingerprint density at radius 3 is 2.88 bits per heavy atom. The molecule has 1 aromatic heterocycles. The minimum atomic E-state index is -0.256. The predicted molar refractivity (Wildman–Crippen MR) is 97.3 cm³/mol. The van der Waals surface area contributed by atoms with Crippen molar-refractivity contribution in [3.05, 3.63) is 53.1 Å². The summed E-state index contributed by atoms with van der Waals surface area (Å²) < 4.78 is 20.9. The highest BCUT2D eigenvalue weighted by Crippen LogP contribution is 2.49. The first-order valence-electron chi connectivity index (χ1n) is 9.24. The molecule has 26 heavy (non-hydrogen) atoms. The van der Waals surface area contributed by atoms with E-state index in [1.54, 1.807) is 12.1 Å².